The van der Waals surface area contributed by atoms with Crippen molar-refractivity contribution in [3.8, 4) is 28.7 Å². The zero-order chi connectivity index (χ0) is 22.8. The van der Waals surface area contributed by atoms with E-state index in [0.717, 1.165) is 0 Å². The van der Waals surface area contributed by atoms with Crippen molar-refractivity contribution in [3.63, 3.8) is 0 Å². The van der Waals surface area contributed by atoms with Crippen LogP contribution in [0.25, 0.3) is 0 Å². The smallest absolute Gasteiger partial charge is 0.271 e. The minimum absolute atomic E-state index is 0.109. The molecule has 168 valence electrons. The number of rotatable bonds is 11. The molecule has 1 N–H and O–H groups in total. The van der Waals surface area contributed by atoms with Crippen molar-refractivity contribution in [2.45, 2.75) is 6.92 Å². The average molecular weight is 497 g/mol. The standard InChI is InChI=1S/C21H25BrN2O7/c1-6-30-12-31-17-10-15(22)14(9-16(17)26-2)11-23-24-21(25)13-7-18(27-3)20(29-5)19(8-13)28-4/h7-11H,6,12H2,1-5H3,(H,24,25). The Labute approximate surface area is 189 Å². The van der Waals surface area contributed by atoms with Crippen molar-refractivity contribution in [2.24, 2.45) is 5.10 Å². The lowest BCUT2D eigenvalue weighted by molar-refractivity contribution is 0.0209. The summed E-state index contributed by atoms with van der Waals surface area (Å²) in [5.74, 6) is 1.70. The third kappa shape index (κ3) is 6.25. The third-order valence-electron chi connectivity index (χ3n) is 4.08. The van der Waals surface area contributed by atoms with Gasteiger partial charge in [-0.15, -0.1) is 0 Å². The van der Waals surface area contributed by atoms with Gasteiger partial charge in [0, 0.05) is 22.2 Å². The van der Waals surface area contributed by atoms with Crippen molar-refractivity contribution >= 4 is 28.1 Å². The molecule has 0 aliphatic rings. The number of ether oxygens (including phenoxy) is 6. The summed E-state index contributed by atoms with van der Waals surface area (Å²) in [4.78, 5) is 12.5. The molecule has 10 heteroatoms. The maximum absolute atomic E-state index is 12.5. The molecule has 0 bridgehead atoms. The Hall–Kier alpha value is -2.98. The van der Waals surface area contributed by atoms with Crippen LogP contribution >= 0.6 is 15.9 Å². The van der Waals surface area contributed by atoms with Gasteiger partial charge in [-0.1, -0.05) is 0 Å². The highest BCUT2D eigenvalue weighted by molar-refractivity contribution is 9.10. The molecular weight excluding hydrogens is 472 g/mol. The van der Waals surface area contributed by atoms with Crippen LogP contribution < -0.4 is 29.1 Å². The van der Waals surface area contributed by atoms with Crippen LogP contribution in [0.3, 0.4) is 0 Å². The Bertz CT molecular complexity index is 909. The van der Waals surface area contributed by atoms with Crippen molar-refractivity contribution in [2.75, 3.05) is 41.8 Å². The van der Waals surface area contributed by atoms with E-state index in [1.807, 2.05) is 6.92 Å². The van der Waals surface area contributed by atoms with Gasteiger partial charge in [-0.2, -0.15) is 5.10 Å². The molecule has 0 aliphatic heterocycles. The number of nitrogens with one attached hydrogen (secondary N) is 1. The van der Waals surface area contributed by atoms with Gasteiger partial charge in [-0.3, -0.25) is 4.79 Å². The monoisotopic (exact) mass is 496 g/mol. The van der Waals surface area contributed by atoms with Gasteiger partial charge < -0.3 is 28.4 Å². The van der Waals surface area contributed by atoms with E-state index >= 15 is 0 Å². The Morgan fingerprint density at radius 2 is 1.61 bits per heavy atom. The lowest BCUT2D eigenvalue weighted by atomic mass is 10.1. The fourth-order valence-corrected chi connectivity index (χ4v) is 2.97. The number of carbonyl (C=O) groups is 1. The second-order valence-electron chi connectivity index (χ2n) is 5.89. The van der Waals surface area contributed by atoms with E-state index in [1.54, 1.807) is 12.1 Å². The topological polar surface area (TPSA) is 96.8 Å². The van der Waals surface area contributed by atoms with E-state index in [2.05, 4.69) is 26.5 Å². The first kappa shape index (κ1) is 24.3. The molecule has 2 aromatic carbocycles. The van der Waals surface area contributed by atoms with Gasteiger partial charge in [-0.25, -0.2) is 5.43 Å². The second-order valence-corrected chi connectivity index (χ2v) is 6.75. The van der Waals surface area contributed by atoms with Crippen LogP contribution in [0, 0.1) is 0 Å². The molecule has 0 saturated carbocycles. The van der Waals surface area contributed by atoms with Gasteiger partial charge in [-0.05, 0) is 47.1 Å². The minimum atomic E-state index is -0.449. The lowest BCUT2D eigenvalue weighted by Gasteiger charge is -2.13. The predicted octanol–water partition coefficient (Wildman–Crippen LogP) is 3.62. The fraction of sp³-hybridized carbons (Fsp3) is 0.333. The molecule has 0 aromatic heterocycles. The number of hydrazone groups is 1. The summed E-state index contributed by atoms with van der Waals surface area (Å²) in [5, 5.41) is 4.02. The molecule has 0 aliphatic carbocycles. The second kappa shape index (κ2) is 12.0. The van der Waals surface area contributed by atoms with Crippen LogP contribution in [0.5, 0.6) is 28.7 Å². The zero-order valence-corrected chi connectivity index (χ0v) is 19.6. The Kier molecular flexibility index (Phi) is 9.41. The lowest BCUT2D eigenvalue weighted by Crippen LogP contribution is -2.18. The quantitative estimate of drug-likeness (QED) is 0.219. The molecule has 0 radical (unpaired) electrons. The van der Waals surface area contributed by atoms with Crippen LogP contribution in [0.4, 0.5) is 0 Å². The summed E-state index contributed by atoms with van der Waals surface area (Å²) in [6.45, 7) is 2.53. The molecule has 0 saturated heterocycles. The summed E-state index contributed by atoms with van der Waals surface area (Å²) in [6.07, 6.45) is 1.48. The number of amides is 1. The van der Waals surface area contributed by atoms with Crippen molar-refractivity contribution in [1.82, 2.24) is 5.43 Å². The van der Waals surface area contributed by atoms with Gasteiger partial charge >= 0.3 is 0 Å². The first-order chi connectivity index (χ1) is 15.0. The summed E-state index contributed by atoms with van der Waals surface area (Å²) in [5.41, 5.74) is 3.44. The highest BCUT2D eigenvalue weighted by Gasteiger charge is 2.17. The number of nitrogens with zero attached hydrogens (tertiary/aromatic N) is 1. The molecule has 1 amide bonds. The SMILES string of the molecule is CCOCOc1cc(Br)c(C=NNC(=O)c2cc(OC)c(OC)c(OC)c2)cc1OC. The van der Waals surface area contributed by atoms with Gasteiger partial charge in [0.25, 0.3) is 5.91 Å². The van der Waals surface area contributed by atoms with E-state index in [1.165, 1.54) is 46.8 Å². The molecule has 0 spiro atoms. The number of hydrogen-bond donors (Lipinski definition) is 1. The summed E-state index contributed by atoms with van der Waals surface area (Å²) in [6, 6.07) is 6.53. The maximum Gasteiger partial charge on any atom is 0.271 e. The van der Waals surface area contributed by atoms with Gasteiger partial charge in [0.05, 0.1) is 34.7 Å². The van der Waals surface area contributed by atoms with Crippen molar-refractivity contribution in [1.29, 1.82) is 0 Å². The molecular formula is C21H25BrN2O7. The summed E-state index contributed by atoms with van der Waals surface area (Å²) < 4.78 is 32.6. The van der Waals surface area contributed by atoms with Crippen LogP contribution in [0.15, 0.2) is 33.8 Å². The van der Waals surface area contributed by atoms with Gasteiger partial charge in [0.2, 0.25) is 5.75 Å². The van der Waals surface area contributed by atoms with E-state index in [9.17, 15) is 4.79 Å². The molecule has 2 rings (SSSR count). The van der Waals surface area contributed by atoms with Gasteiger partial charge in [0.1, 0.15) is 0 Å². The zero-order valence-electron chi connectivity index (χ0n) is 18.0. The number of hydrogen-bond acceptors (Lipinski definition) is 8. The molecule has 0 heterocycles. The average Bonchev–Trinajstić information content (AvgIpc) is 2.79. The molecule has 0 unspecified atom stereocenters. The fourth-order valence-electron chi connectivity index (χ4n) is 2.55. The van der Waals surface area contributed by atoms with E-state index in [4.69, 9.17) is 28.4 Å². The van der Waals surface area contributed by atoms with Crippen LogP contribution in [0.2, 0.25) is 0 Å². The van der Waals surface area contributed by atoms with Crippen LogP contribution in [-0.4, -0.2) is 54.0 Å². The molecule has 9 nitrogen and oxygen atoms in total. The highest BCUT2D eigenvalue weighted by atomic mass is 79.9. The Morgan fingerprint density at radius 3 is 2.16 bits per heavy atom. The Balaban J connectivity index is 2.17. The first-order valence-corrected chi connectivity index (χ1v) is 9.99. The van der Waals surface area contributed by atoms with Crippen LogP contribution in [-0.2, 0) is 4.74 Å². The third-order valence-corrected chi connectivity index (χ3v) is 4.77. The number of benzene rings is 2. The highest BCUT2D eigenvalue weighted by Crippen LogP contribution is 2.38. The number of halogens is 1. The van der Waals surface area contributed by atoms with E-state index in [-0.39, 0.29) is 6.79 Å². The molecule has 0 fully saturated rings. The van der Waals surface area contributed by atoms with Crippen molar-refractivity contribution in [3.05, 3.63) is 39.9 Å². The molecule has 0 atom stereocenters. The number of carbonyl (C=O) groups excluding carboxylic acids is 1. The molecule has 31 heavy (non-hydrogen) atoms. The first-order valence-electron chi connectivity index (χ1n) is 9.20. The Morgan fingerprint density at radius 1 is 0.968 bits per heavy atom. The van der Waals surface area contributed by atoms with Crippen LogP contribution in [0.1, 0.15) is 22.8 Å². The van der Waals surface area contributed by atoms with E-state index in [0.29, 0.717) is 51.0 Å². The molecule has 2 aromatic rings. The van der Waals surface area contributed by atoms with Gasteiger partial charge in [0.15, 0.2) is 29.8 Å². The maximum atomic E-state index is 12.5. The largest absolute Gasteiger partial charge is 0.493 e. The predicted molar refractivity (Wildman–Crippen MR) is 119 cm³/mol. The van der Waals surface area contributed by atoms with Crippen molar-refractivity contribution < 1.29 is 33.2 Å². The minimum Gasteiger partial charge on any atom is -0.493 e. The summed E-state index contributed by atoms with van der Waals surface area (Å²) in [7, 11) is 5.97. The number of methoxy groups -OCH3 is 4. The van der Waals surface area contributed by atoms with E-state index < -0.39 is 5.91 Å². The normalized spacial score (nSPS) is 10.6. The summed E-state index contributed by atoms with van der Waals surface area (Å²) >= 11 is 3.46.